The van der Waals surface area contributed by atoms with Crippen LogP contribution in [0.1, 0.15) is 116 Å². The summed E-state index contributed by atoms with van der Waals surface area (Å²) in [5.41, 5.74) is 1.72. The molecule has 0 saturated heterocycles. The smallest absolute Gasteiger partial charge is 0.0272 e. The monoisotopic (exact) mass is 677 g/mol. The van der Waals surface area contributed by atoms with E-state index in [1.807, 2.05) is 3.96 Å². The first-order valence-corrected chi connectivity index (χ1v) is 23.7. The number of hydrogen-bond donors (Lipinski definition) is 0. The Hall–Kier alpha value is 0.265. The van der Waals surface area contributed by atoms with Crippen LogP contribution in [0.25, 0.3) is 0 Å². The molecule has 0 N–H and O–H groups in total. The number of unbranched alkanes of at least 4 members (excludes halogenated alkanes) is 15. The number of rotatable bonds is 23. The van der Waals surface area contributed by atoms with Crippen molar-refractivity contribution in [2.45, 2.75) is 138 Å². The molecular formula is C29H58O3PtSi. The van der Waals surface area contributed by atoms with Crippen molar-refractivity contribution in [2.75, 3.05) is 21.3 Å². The molecule has 0 fully saturated rings. The first-order chi connectivity index (χ1) is 16.4. The molecule has 34 heavy (non-hydrogen) atoms. The van der Waals surface area contributed by atoms with Gasteiger partial charge in [0.2, 0.25) is 0 Å². The molecule has 0 aromatic carbocycles. The van der Waals surface area contributed by atoms with Gasteiger partial charge in [-0.2, -0.15) is 0 Å². The first-order valence-electron chi connectivity index (χ1n) is 13.8. The molecule has 5 heteroatoms. The van der Waals surface area contributed by atoms with E-state index in [2.05, 4.69) is 28.1 Å². The van der Waals surface area contributed by atoms with E-state index < -0.39 is 24.9 Å². The van der Waals surface area contributed by atoms with Gasteiger partial charge in [-0.15, -0.1) is 0 Å². The van der Waals surface area contributed by atoms with E-state index in [1.54, 1.807) is 26.9 Å². The standard InChI is InChI=1S/C26H49O3Si.3CH3.Pt/c1-27-30(28-2,29-3)25-21-17-15-13-11-9-7-5-4-6-8-10-12-14-16-18-22-26-23-19-20-24-26;;;;/h19,23H,4-18,20-22,25H2,1-3H3;3*1H3;. The normalized spacial score (nSPS) is 15.0. The zero-order valence-corrected chi connectivity index (χ0v) is 26.9. The van der Waals surface area contributed by atoms with E-state index in [1.165, 1.54) is 109 Å². The SMILES string of the molecule is CO[Si](CCCCCCCCCCCCCCCCCCC1=[C]([Pt]([CH3])([CH3])[CH3])CC=C1)(OC)OC. The van der Waals surface area contributed by atoms with Gasteiger partial charge in [0.25, 0.3) is 0 Å². The van der Waals surface area contributed by atoms with Crippen molar-refractivity contribution >= 4 is 8.80 Å². The Balaban J connectivity index is 1.83. The fraction of sp³-hybridized carbons (Fsp3) is 0.862. The van der Waals surface area contributed by atoms with Crippen LogP contribution >= 0.6 is 0 Å². The molecule has 0 saturated carbocycles. The minimum Gasteiger partial charge on any atom is -0.377 e. The summed E-state index contributed by atoms with van der Waals surface area (Å²) in [6.45, 7) is 0. The molecule has 0 atom stereocenters. The Kier molecular flexibility index (Phi) is 18.4. The van der Waals surface area contributed by atoms with Gasteiger partial charge < -0.3 is 13.3 Å². The Morgan fingerprint density at radius 1 is 0.618 bits per heavy atom. The summed E-state index contributed by atoms with van der Waals surface area (Å²) >= 11 is -1.54. The predicted octanol–water partition coefficient (Wildman–Crippen LogP) is 10.0. The van der Waals surface area contributed by atoms with Crippen LogP contribution in [0, 0.1) is 0 Å². The number of allylic oxidation sites excluding steroid dienone is 4. The minimum absolute atomic E-state index is 0.937. The maximum absolute atomic E-state index is 5.49. The van der Waals surface area contributed by atoms with Gasteiger partial charge in [0.1, 0.15) is 0 Å². The maximum Gasteiger partial charge on any atom is 0.0272 e. The van der Waals surface area contributed by atoms with Crippen LogP contribution < -0.4 is 0 Å². The molecule has 1 rings (SSSR count). The fourth-order valence-corrected chi connectivity index (χ4v) is 11.0. The van der Waals surface area contributed by atoms with Gasteiger partial charge in [-0.1, -0.05) is 38.5 Å². The summed E-state index contributed by atoms with van der Waals surface area (Å²) in [7, 11) is 2.78. The molecule has 206 valence electrons. The molecule has 0 amide bonds. The van der Waals surface area contributed by atoms with Gasteiger partial charge >= 0.3 is 133 Å². The molecule has 0 spiro atoms. The summed E-state index contributed by atoms with van der Waals surface area (Å²) in [6, 6.07) is 0.937. The van der Waals surface area contributed by atoms with Crippen LogP contribution in [0.15, 0.2) is 21.7 Å². The molecular weight excluding hydrogens is 619 g/mol. The average molecular weight is 678 g/mol. The Morgan fingerprint density at radius 2 is 1.00 bits per heavy atom. The molecule has 0 aromatic heterocycles. The van der Waals surface area contributed by atoms with E-state index in [0.717, 1.165) is 12.5 Å². The van der Waals surface area contributed by atoms with E-state index in [9.17, 15) is 0 Å². The predicted molar refractivity (Wildman–Crippen MR) is 148 cm³/mol. The molecule has 0 aliphatic heterocycles. The second-order valence-electron chi connectivity index (χ2n) is 10.4. The van der Waals surface area contributed by atoms with Crippen LogP contribution in [0.3, 0.4) is 0 Å². The zero-order chi connectivity index (χ0) is 25.1. The van der Waals surface area contributed by atoms with E-state index in [-0.39, 0.29) is 0 Å². The zero-order valence-electron chi connectivity index (χ0n) is 23.6. The van der Waals surface area contributed by atoms with Crippen LogP contribution in [0.2, 0.25) is 22.0 Å². The van der Waals surface area contributed by atoms with Crippen LogP contribution in [0.4, 0.5) is 0 Å². The van der Waals surface area contributed by atoms with Crippen molar-refractivity contribution in [3.63, 3.8) is 0 Å². The summed E-state index contributed by atoms with van der Waals surface area (Å²) in [4.78, 5) is 0. The van der Waals surface area contributed by atoms with Crippen molar-refractivity contribution in [1.29, 1.82) is 0 Å². The third-order valence-electron chi connectivity index (χ3n) is 7.12. The van der Waals surface area contributed by atoms with Gasteiger partial charge in [-0.05, 0) is 6.42 Å². The number of hydrogen-bond acceptors (Lipinski definition) is 3. The molecule has 3 nitrogen and oxygen atoms in total. The third kappa shape index (κ3) is 14.1. The van der Waals surface area contributed by atoms with Crippen molar-refractivity contribution in [3.05, 3.63) is 21.7 Å². The Labute approximate surface area is 218 Å². The largest absolute Gasteiger partial charge is 0.377 e. The second kappa shape index (κ2) is 19.4. The summed E-state index contributed by atoms with van der Waals surface area (Å²) in [5, 5.41) is 7.62. The summed E-state index contributed by atoms with van der Waals surface area (Å²) in [5.74, 6) is 0. The van der Waals surface area contributed by atoms with E-state index in [0.29, 0.717) is 0 Å². The Morgan fingerprint density at radius 3 is 1.38 bits per heavy atom. The topological polar surface area (TPSA) is 27.7 Å². The van der Waals surface area contributed by atoms with Crippen LogP contribution in [-0.2, 0) is 29.3 Å². The molecule has 1 aliphatic carbocycles. The minimum atomic E-state index is -2.34. The van der Waals surface area contributed by atoms with Crippen LogP contribution in [-0.4, -0.2) is 30.1 Å². The molecule has 1 aliphatic rings. The average Bonchev–Trinajstić information content (AvgIpc) is 3.30. The molecule has 0 heterocycles. The second-order valence-corrected chi connectivity index (χ2v) is 25.1. The van der Waals surface area contributed by atoms with Crippen molar-refractivity contribution in [1.82, 2.24) is 0 Å². The van der Waals surface area contributed by atoms with E-state index >= 15 is 0 Å². The fourth-order valence-electron chi connectivity index (χ4n) is 4.91. The van der Waals surface area contributed by atoms with Gasteiger partial charge in [0.05, 0.1) is 0 Å². The Bertz CT molecular complexity index is 556. The molecule has 0 unspecified atom stereocenters. The van der Waals surface area contributed by atoms with Gasteiger partial charge in [0.15, 0.2) is 0 Å². The summed E-state index contributed by atoms with van der Waals surface area (Å²) in [6.07, 6.45) is 29.7. The molecule has 0 aromatic rings. The van der Waals surface area contributed by atoms with Gasteiger partial charge in [0, 0.05) is 27.4 Å². The first kappa shape index (κ1) is 32.3. The van der Waals surface area contributed by atoms with Crippen molar-refractivity contribution in [2.24, 2.45) is 0 Å². The van der Waals surface area contributed by atoms with Gasteiger partial charge in [-0.25, -0.2) is 0 Å². The van der Waals surface area contributed by atoms with E-state index in [4.69, 9.17) is 13.3 Å². The van der Waals surface area contributed by atoms with Crippen molar-refractivity contribution in [3.8, 4) is 0 Å². The summed E-state index contributed by atoms with van der Waals surface area (Å²) < 4.78 is 18.3. The molecule has 0 bridgehead atoms. The van der Waals surface area contributed by atoms with Crippen molar-refractivity contribution < 1.29 is 29.3 Å². The van der Waals surface area contributed by atoms with Crippen LogP contribution in [0.5, 0.6) is 0 Å². The van der Waals surface area contributed by atoms with Gasteiger partial charge in [-0.3, -0.25) is 0 Å². The third-order valence-corrected chi connectivity index (χ3v) is 15.3. The maximum atomic E-state index is 5.49. The quantitative estimate of drug-likeness (QED) is 0.0796. The molecule has 0 radical (unpaired) electrons.